The lowest BCUT2D eigenvalue weighted by Gasteiger charge is -2.25. The van der Waals surface area contributed by atoms with Crippen molar-refractivity contribution < 1.29 is 47.7 Å². The molecule has 8 atom stereocenters. The van der Waals surface area contributed by atoms with E-state index in [2.05, 4.69) is 52.5 Å². The zero-order chi connectivity index (χ0) is 49.6. The highest BCUT2D eigenvalue weighted by atomic mass is 127. The molecule has 1 N–H and O–H groups in total. The first-order valence-electron chi connectivity index (χ1n) is 22.8. The van der Waals surface area contributed by atoms with Crippen LogP contribution in [-0.2, 0) is 46.4 Å². The maximum atomic E-state index is 9.37. The molecule has 21 heteroatoms. The molecule has 0 radical (unpaired) electrons. The SMILES string of the molecule is CC1(C)O[C@@H]2[C@H](O1)[C@@H](COc1ccc3ccc(CO)nc3c1)O[C@H]2n1ccc2c(Cl)ncnc21.CI.COCc1ccc2ccc(OC[C@H]3O[C@@H](n4ccc5c(Cl)ncnc54)[C@@H]4OC(C)(C)O[C@@H]43)cc2n1. The van der Waals surface area contributed by atoms with Crippen LogP contribution in [-0.4, -0.2) is 118 Å². The smallest absolute Gasteiger partial charge is 0.164 e. The number of nitrogens with zero attached hydrogens (tertiary/aromatic N) is 8. The van der Waals surface area contributed by atoms with E-state index < -0.39 is 24.0 Å². The summed E-state index contributed by atoms with van der Waals surface area (Å²) in [4.78, 5) is 28.0. The number of halogens is 3. The number of aliphatic hydroxyl groups is 1. The average molecular weight is 1120 g/mol. The second-order valence-electron chi connectivity index (χ2n) is 18.0. The number of aliphatic hydroxyl groups excluding tert-OH is 1. The predicted octanol–water partition coefficient (Wildman–Crippen LogP) is 8.95. The molecule has 2 aromatic carbocycles. The van der Waals surface area contributed by atoms with Crippen LogP contribution in [0.3, 0.4) is 0 Å². The standard InChI is InChI=1S/C25H25ClN4O5.C24H23ClN4O5.CH3I/c1-25(2)34-20-19(12-32-16-7-5-14-4-6-15(11-31-3)29-18(14)10-16)33-24(21(20)35-25)30-9-8-17-22(26)27-13-28-23(17)30;1-24(2)33-19-18(11-31-15-6-4-13-3-5-14(10-30)28-17(13)9-15)32-23(20(19)34-24)29-8-7-16-21(25)26-12-27-22(16)29;1-2/h4-10,13,19-21,24H,11-12H2,1-3H3;3-9,12,18-20,23,30H,10-11H2,1-2H3;1H3/t19-,20-,21-,24-;18-,19-,20-,23-;/m11./s1. The fraction of sp³-hybridized carbons (Fsp3) is 0.400. The number of ether oxygens (including phenoxy) is 9. The lowest BCUT2D eigenvalue weighted by atomic mass is 10.1. The highest BCUT2D eigenvalue weighted by Gasteiger charge is 2.57. The fourth-order valence-electron chi connectivity index (χ4n) is 9.46. The molecule has 372 valence electrons. The Kier molecular flexibility index (Phi) is 14.4. The Morgan fingerprint density at radius 1 is 0.606 bits per heavy atom. The number of benzene rings is 2. The molecular formula is C50H51Cl2IN8O10. The summed E-state index contributed by atoms with van der Waals surface area (Å²) in [5, 5.41) is 13.7. The van der Waals surface area contributed by atoms with Gasteiger partial charge in [0.2, 0.25) is 0 Å². The summed E-state index contributed by atoms with van der Waals surface area (Å²) in [7, 11) is 1.65. The molecule has 4 fully saturated rings. The number of aromatic nitrogens is 8. The lowest BCUT2D eigenvalue weighted by molar-refractivity contribution is -0.199. The van der Waals surface area contributed by atoms with Crippen molar-refractivity contribution >= 4 is 89.7 Å². The molecule has 4 aliphatic rings. The van der Waals surface area contributed by atoms with Crippen molar-refractivity contribution in [3.63, 3.8) is 0 Å². The van der Waals surface area contributed by atoms with Gasteiger partial charge in [-0.15, -0.1) is 0 Å². The van der Waals surface area contributed by atoms with Crippen LogP contribution >= 0.6 is 45.8 Å². The van der Waals surface area contributed by atoms with Crippen LogP contribution in [0.5, 0.6) is 11.5 Å². The minimum atomic E-state index is -0.751. The third-order valence-corrected chi connectivity index (χ3v) is 13.0. The highest BCUT2D eigenvalue weighted by molar-refractivity contribution is 14.1. The molecule has 4 aliphatic heterocycles. The van der Waals surface area contributed by atoms with Crippen LogP contribution in [0, 0.1) is 0 Å². The fourth-order valence-corrected chi connectivity index (χ4v) is 9.84. The van der Waals surface area contributed by atoms with Gasteiger partial charge in [0.05, 0.1) is 46.4 Å². The van der Waals surface area contributed by atoms with Gasteiger partial charge in [-0.1, -0.05) is 57.9 Å². The van der Waals surface area contributed by atoms with Gasteiger partial charge in [-0.3, -0.25) is 9.97 Å². The van der Waals surface area contributed by atoms with Crippen molar-refractivity contribution in [3.05, 3.63) is 120 Å². The molecule has 6 aromatic heterocycles. The number of alkyl halides is 1. The Bertz CT molecular complexity index is 3200. The van der Waals surface area contributed by atoms with Crippen molar-refractivity contribution in [2.24, 2.45) is 0 Å². The third kappa shape index (κ3) is 10.1. The summed E-state index contributed by atoms with van der Waals surface area (Å²) in [6, 6.07) is 23.0. The summed E-state index contributed by atoms with van der Waals surface area (Å²) in [6.07, 6.45) is 3.67. The van der Waals surface area contributed by atoms with Crippen LogP contribution in [0.4, 0.5) is 0 Å². The van der Waals surface area contributed by atoms with Gasteiger partial charge in [0.25, 0.3) is 0 Å². The van der Waals surface area contributed by atoms with Crippen molar-refractivity contribution in [1.82, 2.24) is 39.0 Å². The van der Waals surface area contributed by atoms with Gasteiger partial charge in [-0.05, 0) is 81.2 Å². The third-order valence-electron chi connectivity index (χ3n) is 12.4. The van der Waals surface area contributed by atoms with Gasteiger partial charge < -0.3 is 56.9 Å². The molecule has 4 saturated heterocycles. The number of rotatable bonds is 11. The van der Waals surface area contributed by atoms with Crippen molar-refractivity contribution in [2.75, 3.05) is 25.3 Å². The second-order valence-corrected chi connectivity index (χ2v) is 18.8. The molecule has 0 aliphatic carbocycles. The summed E-state index contributed by atoms with van der Waals surface area (Å²) in [6.45, 7) is 8.48. The molecule has 12 rings (SSSR count). The first-order chi connectivity index (χ1) is 34.3. The van der Waals surface area contributed by atoms with E-state index >= 15 is 0 Å². The second kappa shape index (κ2) is 20.5. The molecule has 0 saturated carbocycles. The van der Waals surface area contributed by atoms with Gasteiger partial charge in [0.15, 0.2) is 24.0 Å². The maximum absolute atomic E-state index is 9.37. The zero-order valence-corrected chi connectivity index (χ0v) is 43.2. The van der Waals surface area contributed by atoms with Gasteiger partial charge in [-0.25, -0.2) is 19.9 Å². The molecule has 71 heavy (non-hydrogen) atoms. The van der Waals surface area contributed by atoms with Crippen LogP contribution in [0.15, 0.2) is 97.8 Å². The molecular weight excluding hydrogens is 1070 g/mol. The van der Waals surface area contributed by atoms with Crippen molar-refractivity contribution in [3.8, 4) is 11.5 Å². The lowest BCUT2D eigenvalue weighted by Crippen LogP contribution is -2.33. The van der Waals surface area contributed by atoms with Crippen LogP contribution < -0.4 is 9.47 Å². The number of hydrogen-bond acceptors (Lipinski definition) is 16. The molecule has 0 spiro atoms. The Hall–Kier alpha value is -4.91. The first-order valence-corrected chi connectivity index (χ1v) is 25.7. The normalized spacial score (nSPS) is 24.9. The quantitative estimate of drug-likeness (QED) is 0.0733. The number of hydrogen-bond donors (Lipinski definition) is 1. The number of pyridine rings is 2. The highest BCUT2D eigenvalue weighted by Crippen LogP contribution is 2.46. The van der Waals surface area contributed by atoms with E-state index in [1.807, 2.05) is 121 Å². The number of methoxy groups -OCH3 is 1. The number of fused-ring (bicyclic) bond motifs is 6. The van der Waals surface area contributed by atoms with Crippen LogP contribution in [0.2, 0.25) is 10.3 Å². The monoisotopic (exact) mass is 1120 g/mol. The minimum absolute atomic E-state index is 0.112. The maximum Gasteiger partial charge on any atom is 0.164 e. The molecule has 8 aromatic rings. The average Bonchev–Trinajstić information content (AvgIpc) is 4.22. The van der Waals surface area contributed by atoms with E-state index in [0.29, 0.717) is 45.4 Å². The van der Waals surface area contributed by atoms with Crippen molar-refractivity contribution in [2.45, 2.75) is 102 Å². The first kappa shape index (κ1) is 49.7. The Morgan fingerprint density at radius 3 is 1.51 bits per heavy atom. The molecule has 0 bridgehead atoms. The summed E-state index contributed by atoms with van der Waals surface area (Å²) < 4.78 is 59.0. The molecule has 18 nitrogen and oxygen atoms in total. The van der Waals surface area contributed by atoms with Crippen LogP contribution in [0.1, 0.15) is 51.5 Å². The topological polar surface area (TPSA) is 190 Å². The molecule has 0 unspecified atom stereocenters. The van der Waals surface area contributed by atoms with E-state index in [9.17, 15) is 5.11 Å². The van der Waals surface area contributed by atoms with Gasteiger partial charge in [0, 0.05) is 42.4 Å². The van der Waals surface area contributed by atoms with E-state index in [1.54, 1.807) is 13.2 Å². The predicted molar refractivity (Wildman–Crippen MR) is 272 cm³/mol. The van der Waals surface area contributed by atoms with E-state index in [0.717, 1.165) is 38.3 Å². The summed E-state index contributed by atoms with van der Waals surface area (Å²) >= 11 is 14.6. The summed E-state index contributed by atoms with van der Waals surface area (Å²) in [5.41, 5.74) is 4.41. The zero-order valence-electron chi connectivity index (χ0n) is 39.5. The largest absolute Gasteiger partial charge is 0.491 e. The van der Waals surface area contributed by atoms with E-state index in [4.69, 9.17) is 65.8 Å². The van der Waals surface area contributed by atoms with Gasteiger partial charge in [-0.2, -0.15) is 0 Å². The van der Waals surface area contributed by atoms with Crippen molar-refractivity contribution in [1.29, 1.82) is 0 Å². The Morgan fingerprint density at radius 2 is 1.04 bits per heavy atom. The molecule has 10 heterocycles. The summed E-state index contributed by atoms with van der Waals surface area (Å²) in [5.74, 6) is -0.135. The van der Waals surface area contributed by atoms with E-state index in [-0.39, 0.29) is 56.4 Å². The molecule has 0 amide bonds. The van der Waals surface area contributed by atoms with Gasteiger partial charge in [0.1, 0.15) is 95.6 Å². The Balaban J connectivity index is 0.000000159. The van der Waals surface area contributed by atoms with E-state index in [1.165, 1.54) is 12.7 Å². The minimum Gasteiger partial charge on any atom is -0.491 e. The Labute approximate surface area is 431 Å². The van der Waals surface area contributed by atoms with Gasteiger partial charge >= 0.3 is 0 Å². The van der Waals surface area contributed by atoms with Crippen LogP contribution in [0.25, 0.3) is 43.9 Å².